The molecule has 2 rings (SSSR count). The minimum absolute atomic E-state index is 0.346. The average molecular weight is 220 g/mol. The van der Waals surface area contributed by atoms with Crippen LogP contribution in [-0.2, 0) is 0 Å². The fourth-order valence-corrected chi connectivity index (χ4v) is 1.22. The van der Waals surface area contributed by atoms with E-state index in [4.69, 9.17) is 14.6 Å². The lowest BCUT2D eigenvalue weighted by atomic mass is 10.2. The number of aryl methyl sites for hydroxylation is 1. The Morgan fingerprint density at radius 1 is 1.25 bits per heavy atom. The van der Waals surface area contributed by atoms with Gasteiger partial charge < -0.3 is 19.2 Å². The van der Waals surface area contributed by atoms with Crippen LogP contribution in [0.15, 0.2) is 28.8 Å². The zero-order chi connectivity index (χ0) is 11.5. The maximum absolute atomic E-state index is 8.59. The molecule has 7 heteroatoms. The predicted octanol–water partition coefficient (Wildman–Crippen LogP) is 0.393. The van der Waals surface area contributed by atoms with Gasteiger partial charge in [0.2, 0.25) is 11.7 Å². The van der Waals surface area contributed by atoms with Gasteiger partial charge in [0.15, 0.2) is 0 Å². The van der Waals surface area contributed by atoms with Gasteiger partial charge in [-0.1, -0.05) is 5.16 Å². The van der Waals surface area contributed by atoms with Gasteiger partial charge in [0, 0.05) is 12.5 Å². The summed E-state index contributed by atoms with van der Waals surface area (Å²) in [6, 6.07) is 6.56. The molecule has 0 atom stereocenters. The molecule has 0 saturated carbocycles. The monoisotopic (exact) mass is 220 g/mol. The topological polar surface area (TPSA) is 88.6 Å². The van der Waals surface area contributed by atoms with Crippen molar-refractivity contribution in [2.75, 3.05) is 0 Å². The molecule has 0 bridgehead atoms. The standard InChI is InChI=1S/C9H9BN2O4/c1-6-11-9(12-16-6)7-2-4-8(5-3-7)15-10(13)14/h2-5,13-14H,1H3. The lowest BCUT2D eigenvalue weighted by molar-refractivity contribution is 0.288. The second-order valence-corrected chi connectivity index (χ2v) is 3.11. The summed E-state index contributed by atoms with van der Waals surface area (Å²) in [6.07, 6.45) is 0. The molecule has 82 valence electrons. The molecule has 0 aliphatic carbocycles. The quantitative estimate of drug-likeness (QED) is 0.727. The van der Waals surface area contributed by atoms with Crippen LogP contribution in [0.1, 0.15) is 5.89 Å². The summed E-state index contributed by atoms with van der Waals surface area (Å²) in [6.45, 7) is 1.70. The summed E-state index contributed by atoms with van der Waals surface area (Å²) in [5, 5.41) is 20.9. The summed E-state index contributed by atoms with van der Waals surface area (Å²) in [7, 11) is -1.82. The number of rotatable bonds is 3. The molecule has 2 N–H and O–H groups in total. The molecule has 16 heavy (non-hydrogen) atoms. The minimum atomic E-state index is -1.82. The second kappa shape index (κ2) is 4.34. The van der Waals surface area contributed by atoms with Gasteiger partial charge in [0.1, 0.15) is 5.75 Å². The van der Waals surface area contributed by atoms with E-state index in [1.54, 1.807) is 31.2 Å². The largest absolute Gasteiger partial charge is 0.707 e. The molecule has 0 unspecified atom stereocenters. The van der Waals surface area contributed by atoms with E-state index < -0.39 is 7.32 Å². The summed E-state index contributed by atoms with van der Waals surface area (Å²) < 4.78 is 9.50. The summed E-state index contributed by atoms with van der Waals surface area (Å²) in [5.41, 5.74) is 0.761. The van der Waals surface area contributed by atoms with E-state index in [0.717, 1.165) is 5.56 Å². The first-order chi connectivity index (χ1) is 7.65. The van der Waals surface area contributed by atoms with Gasteiger partial charge >= 0.3 is 7.32 Å². The van der Waals surface area contributed by atoms with Crippen LogP contribution < -0.4 is 4.65 Å². The minimum Gasteiger partial charge on any atom is -0.512 e. The number of hydrogen-bond donors (Lipinski definition) is 2. The Kier molecular flexibility index (Phi) is 2.89. The zero-order valence-corrected chi connectivity index (χ0v) is 8.49. The Hall–Kier alpha value is -1.86. The Morgan fingerprint density at radius 3 is 2.44 bits per heavy atom. The third-order valence-corrected chi connectivity index (χ3v) is 1.88. The SMILES string of the molecule is Cc1nc(-c2ccc(OB(O)O)cc2)no1. The lowest BCUT2D eigenvalue weighted by Crippen LogP contribution is -2.20. The molecular formula is C9H9BN2O4. The zero-order valence-electron chi connectivity index (χ0n) is 8.49. The van der Waals surface area contributed by atoms with Crippen molar-refractivity contribution in [1.82, 2.24) is 10.1 Å². The molecule has 1 aromatic carbocycles. The van der Waals surface area contributed by atoms with Crippen LogP contribution in [0.4, 0.5) is 0 Å². The highest BCUT2D eigenvalue weighted by molar-refractivity contribution is 6.33. The van der Waals surface area contributed by atoms with Gasteiger partial charge in [-0.15, -0.1) is 0 Å². The highest BCUT2D eigenvalue weighted by atomic mass is 16.6. The molecule has 6 nitrogen and oxygen atoms in total. The van der Waals surface area contributed by atoms with Gasteiger partial charge in [-0.3, -0.25) is 0 Å². The van der Waals surface area contributed by atoms with Crippen molar-refractivity contribution in [2.45, 2.75) is 6.92 Å². The lowest BCUT2D eigenvalue weighted by Gasteiger charge is -2.03. The molecule has 0 fully saturated rings. The van der Waals surface area contributed by atoms with Gasteiger partial charge in [-0.25, -0.2) is 0 Å². The van der Waals surface area contributed by atoms with Crippen molar-refractivity contribution in [3.05, 3.63) is 30.2 Å². The van der Waals surface area contributed by atoms with E-state index >= 15 is 0 Å². The van der Waals surface area contributed by atoms with Gasteiger partial charge in [-0.05, 0) is 24.3 Å². The highest BCUT2D eigenvalue weighted by Crippen LogP contribution is 2.19. The van der Waals surface area contributed by atoms with E-state index in [0.29, 0.717) is 17.5 Å². The number of hydrogen-bond acceptors (Lipinski definition) is 6. The Bertz CT molecular complexity index is 469. The molecular weight excluding hydrogens is 211 g/mol. The second-order valence-electron chi connectivity index (χ2n) is 3.11. The molecule has 0 amide bonds. The molecule has 1 aromatic heterocycles. The maximum atomic E-state index is 8.59. The van der Waals surface area contributed by atoms with E-state index in [2.05, 4.69) is 14.8 Å². The van der Waals surface area contributed by atoms with Crippen molar-refractivity contribution in [2.24, 2.45) is 0 Å². The molecule has 0 spiro atoms. The van der Waals surface area contributed by atoms with Crippen LogP contribution in [0, 0.1) is 6.92 Å². The van der Waals surface area contributed by atoms with Crippen LogP contribution in [0.5, 0.6) is 5.75 Å². The molecule has 0 aliphatic rings. The van der Waals surface area contributed by atoms with E-state index in [1.165, 1.54) is 0 Å². The van der Waals surface area contributed by atoms with Crippen LogP contribution in [0.3, 0.4) is 0 Å². The van der Waals surface area contributed by atoms with Crippen LogP contribution in [0.2, 0.25) is 0 Å². The van der Waals surface area contributed by atoms with E-state index in [9.17, 15) is 0 Å². The Balaban J connectivity index is 2.19. The smallest absolute Gasteiger partial charge is 0.512 e. The Labute approximate surface area is 91.7 Å². The summed E-state index contributed by atoms with van der Waals surface area (Å²) in [4.78, 5) is 4.05. The first kappa shape index (κ1) is 10.7. The Morgan fingerprint density at radius 2 is 1.94 bits per heavy atom. The van der Waals surface area contributed by atoms with Gasteiger partial charge in [0.05, 0.1) is 0 Å². The first-order valence-corrected chi connectivity index (χ1v) is 4.59. The van der Waals surface area contributed by atoms with Crippen molar-refractivity contribution in [3.63, 3.8) is 0 Å². The van der Waals surface area contributed by atoms with Gasteiger partial charge in [0.25, 0.3) is 0 Å². The first-order valence-electron chi connectivity index (χ1n) is 4.59. The predicted molar refractivity (Wildman–Crippen MR) is 55.3 cm³/mol. The molecule has 0 aliphatic heterocycles. The van der Waals surface area contributed by atoms with Crippen molar-refractivity contribution in [3.8, 4) is 17.1 Å². The van der Waals surface area contributed by atoms with Crippen molar-refractivity contribution in [1.29, 1.82) is 0 Å². The van der Waals surface area contributed by atoms with Gasteiger partial charge in [-0.2, -0.15) is 4.98 Å². The van der Waals surface area contributed by atoms with E-state index in [-0.39, 0.29) is 0 Å². The van der Waals surface area contributed by atoms with Crippen molar-refractivity contribution >= 4 is 7.32 Å². The molecule has 1 heterocycles. The normalized spacial score (nSPS) is 10.2. The number of benzene rings is 1. The number of nitrogens with zero attached hydrogens (tertiary/aromatic N) is 2. The fraction of sp³-hybridized carbons (Fsp3) is 0.111. The molecule has 0 radical (unpaired) electrons. The average Bonchev–Trinajstić information content (AvgIpc) is 2.65. The number of aromatic nitrogens is 2. The van der Waals surface area contributed by atoms with E-state index in [1.807, 2.05) is 0 Å². The van der Waals surface area contributed by atoms with Crippen LogP contribution in [-0.4, -0.2) is 27.5 Å². The van der Waals surface area contributed by atoms with Crippen LogP contribution >= 0.6 is 0 Å². The third kappa shape index (κ3) is 2.39. The molecule has 2 aromatic rings. The van der Waals surface area contributed by atoms with Crippen LogP contribution in [0.25, 0.3) is 11.4 Å². The third-order valence-electron chi connectivity index (χ3n) is 1.88. The maximum Gasteiger partial charge on any atom is 0.707 e. The summed E-state index contributed by atoms with van der Waals surface area (Å²) in [5.74, 6) is 1.31. The molecule has 0 saturated heterocycles. The summed E-state index contributed by atoms with van der Waals surface area (Å²) >= 11 is 0. The van der Waals surface area contributed by atoms with Crippen molar-refractivity contribution < 1.29 is 19.2 Å². The fourth-order valence-electron chi connectivity index (χ4n) is 1.22. The highest BCUT2D eigenvalue weighted by Gasteiger charge is 2.11.